The van der Waals surface area contributed by atoms with Gasteiger partial charge in [0, 0.05) is 18.4 Å². The Balaban J connectivity index is 1.79. The smallest absolute Gasteiger partial charge is 0.166 e. The van der Waals surface area contributed by atoms with Crippen molar-refractivity contribution in [3.05, 3.63) is 54.1 Å². The molecule has 1 aromatic heterocycles. The van der Waals surface area contributed by atoms with E-state index >= 15 is 0 Å². The molecule has 4 nitrogen and oxygen atoms in total. The third kappa shape index (κ3) is 5.52. The molecule has 0 fully saturated rings. The van der Waals surface area contributed by atoms with Crippen molar-refractivity contribution in [1.82, 2.24) is 15.3 Å². The van der Waals surface area contributed by atoms with E-state index in [1.165, 1.54) is 5.56 Å². The van der Waals surface area contributed by atoms with Crippen LogP contribution in [0.3, 0.4) is 0 Å². The highest BCUT2D eigenvalue weighted by molar-refractivity contribution is 5.27. The first kappa shape index (κ1) is 15.4. The summed E-state index contributed by atoms with van der Waals surface area (Å²) in [6.45, 7) is 5.78. The van der Waals surface area contributed by atoms with Gasteiger partial charge in [0.2, 0.25) is 0 Å². The van der Waals surface area contributed by atoms with E-state index < -0.39 is 0 Å². The first-order chi connectivity index (χ1) is 10.3. The van der Waals surface area contributed by atoms with E-state index in [1.807, 2.05) is 12.1 Å². The summed E-state index contributed by atoms with van der Waals surface area (Å²) >= 11 is 0. The van der Waals surface area contributed by atoms with Crippen molar-refractivity contribution < 1.29 is 4.74 Å². The number of hydrogen-bond donors (Lipinski definition) is 1. The number of rotatable bonds is 8. The lowest BCUT2D eigenvalue weighted by Gasteiger charge is -2.12. The molecule has 0 spiro atoms. The molecule has 1 heterocycles. The van der Waals surface area contributed by atoms with Gasteiger partial charge in [0.05, 0.1) is 0 Å². The van der Waals surface area contributed by atoms with Crippen molar-refractivity contribution in [2.75, 3.05) is 6.54 Å². The molecule has 0 saturated carbocycles. The Morgan fingerprint density at radius 1 is 1.14 bits per heavy atom. The zero-order chi connectivity index (χ0) is 14.9. The Hall–Kier alpha value is -1.94. The number of nitrogens with one attached hydrogen (secondary N) is 1. The summed E-state index contributed by atoms with van der Waals surface area (Å²) < 4.78 is 5.67. The van der Waals surface area contributed by atoms with Crippen LogP contribution >= 0.6 is 0 Å². The topological polar surface area (TPSA) is 47.0 Å². The van der Waals surface area contributed by atoms with Crippen LogP contribution in [0.2, 0.25) is 0 Å². The van der Waals surface area contributed by atoms with Crippen LogP contribution in [0.4, 0.5) is 0 Å². The van der Waals surface area contributed by atoms with Crippen LogP contribution < -0.4 is 10.1 Å². The third-order valence-corrected chi connectivity index (χ3v) is 3.33. The van der Waals surface area contributed by atoms with Crippen molar-refractivity contribution in [1.29, 1.82) is 0 Å². The van der Waals surface area contributed by atoms with Gasteiger partial charge in [-0.15, -0.1) is 0 Å². The van der Waals surface area contributed by atoms with Crippen LogP contribution in [-0.2, 0) is 13.0 Å². The highest BCUT2D eigenvalue weighted by atomic mass is 16.5. The van der Waals surface area contributed by atoms with Gasteiger partial charge in [-0.05, 0) is 50.1 Å². The lowest BCUT2D eigenvalue weighted by molar-refractivity contribution is 0.295. The molecular weight excluding hydrogens is 262 g/mol. The molecule has 112 valence electrons. The lowest BCUT2D eigenvalue weighted by Crippen LogP contribution is -2.25. The van der Waals surface area contributed by atoms with Crippen molar-refractivity contribution in [3.8, 4) is 5.75 Å². The van der Waals surface area contributed by atoms with Gasteiger partial charge in [-0.2, -0.15) is 0 Å². The van der Waals surface area contributed by atoms with E-state index in [0.29, 0.717) is 18.5 Å². The van der Waals surface area contributed by atoms with Gasteiger partial charge in [0.15, 0.2) is 5.82 Å². The summed E-state index contributed by atoms with van der Waals surface area (Å²) in [6, 6.07) is 10.6. The van der Waals surface area contributed by atoms with Gasteiger partial charge < -0.3 is 10.1 Å². The summed E-state index contributed by atoms with van der Waals surface area (Å²) in [5.41, 5.74) is 1.34. The van der Waals surface area contributed by atoms with Crippen molar-refractivity contribution in [3.63, 3.8) is 0 Å². The van der Waals surface area contributed by atoms with Crippen LogP contribution in [0.25, 0.3) is 0 Å². The van der Waals surface area contributed by atoms with Crippen LogP contribution in [0.1, 0.15) is 31.7 Å². The molecule has 4 heteroatoms. The highest BCUT2D eigenvalue weighted by Gasteiger charge is 2.02. The maximum Gasteiger partial charge on any atom is 0.166 e. The Kier molecular flexibility index (Phi) is 6.16. The standard InChI is InChI=1S/C17H23N3O/c1-3-18-14(2)5-6-15-7-9-16(10-8-15)21-13-17-19-11-4-12-20-17/h4,7-12,14,18H,3,5-6,13H2,1-2H3. The highest BCUT2D eigenvalue weighted by Crippen LogP contribution is 2.15. The van der Waals surface area contributed by atoms with E-state index in [0.717, 1.165) is 25.1 Å². The molecular formula is C17H23N3O. The quantitative estimate of drug-likeness (QED) is 0.810. The third-order valence-electron chi connectivity index (χ3n) is 3.33. The van der Waals surface area contributed by atoms with Gasteiger partial charge in [-0.25, -0.2) is 9.97 Å². The summed E-state index contributed by atoms with van der Waals surface area (Å²) in [4.78, 5) is 8.27. The molecule has 0 saturated heterocycles. The van der Waals surface area contributed by atoms with E-state index in [-0.39, 0.29) is 0 Å². The lowest BCUT2D eigenvalue weighted by atomic mass is 10.1. The molecule has 1 unspecified atom stereocenters. The molecule has 0 bridgehead atoms. The molecule has 2 rings (SSSR count). The minimum atomic E-state index is 0.400. The molecule has 21 heavy (non-hydrogen) atoms. The zero-order valence-electron chi connectivity index (χ0n) is 12.7. The fourth-order valence-corrected chi connectivity index (χ4v) is 2.14. The summed E-state index contributed by atoms with van der Waals surface area (Å²) in [6.07, 6.45) is 5.67. The molecule has 1 atom stereocenters. The molecule has 1 aromatic carbocycles. The molecule has 0 radical (unpaired) electrons. The minimum absolute atomic E-state index is 0.400. The molecule has 2 aromatic rings. The monoisotopic (exact) mass is 285 g/mol. The Bertz CT molecular complexity index is 513. The largest absolute Gasteiger partial charge is 0.486 e. The van der Waals surface area contributed by atoms with Crippen LogP contribution in [-0.4, -0.2) is 22.6 Å². The van der Waals surface area contributed by atoms with Crippen LogP contribution in [0.5, 0.6) is 5.75 Å². The average Bonchev–Trinajstić information content (AvgIpc) is 2.53. The van der Waals surface area contributed by atoms with Crippen LogP contribution in [0, 0.1) is 0 Å². The minimum Gasteiger partial charge on any atom is -0.486 e. The predicted molar refractivity (Wildman–Crippen MR) is 84.3 cm³/mol. The number of hydrogen-bond acceptors (Lipinski definition) is 4. The molecule has 0 aliphatic heterocycles. The normalized spacial score (nSPS) is 12.1. The Labute approximate surface area is 126 Å². The van der Waals surface area contributed by atoms with E-state index in [1.54, 1.807) is 18.5 Å². The van der Waals surface area contributed by atoms with Gasteiger partial charge in [-0.1, -0.05) is 19.1 Å². The Morgan fingerprint density at radius 2 is 1.86 bits per heavy atom. The molecule has 0 aliphatic rings. The first-order valence-electron chi connectivity index (χ1n) is 7.49. The van der Waals surface area contributed by atoms with Gasteiger partial charge in [0.25, 0.3) is 0 Å². The first-order valence-corrected chi connectivity index (χ1v) is 7.49. The maximum absolute atomic E-state index is 5.67. The number of aryl methyl sites for hydroxylation is 1. The fraction of sp³-hybridized carbons (Fsp3) is 0.412. The number of nitrogens with zero attached hydrogens (tertiary/aromatic N) is 2. The number of aromatic nitrogens is 2. The van der Waals surface area contributed by atoms with E-state index in [9.17, 15) is 0 Å². The number of ether oxygens (including phenoxy) is 1. The number of benzene rings is 1. The second-order valence-electron chi connectivity index (χ2n) is 5.10. The second-order valence-corrected chi connectivity index (χ2v) is 5.10. The van der Waals surface area contributed by atoms with Crippen LogP contribution in [0.15, 0.2) is 42.7 Å². The average molecular weight is 285 g/mol. The molecule has 1 N–H and O–H groups in total. The van der Waals surface area contributed by atoms with Crippen molar-refractivity contribution in [2.24, 2.45) is 0 Å². The van der Waals surface area contributed by atoms with Gasteiger partial charge in [-0.3, -0.25) is 0 Å². The zero-order valence-corrected chi connectivity index (χ0v) is 12.7. The summed E-state index contributed by atoms with van der Waals surface area (Å²) in [7, 11) is 0. The van der Waals surface area contributed by atoms with E-state index in [2.05, 4.69) is 41.3 Å². The van der Waals surface area contributed by atoms with Crippen molar-refractivity contribution in [2.45, 2.75) is 39.3 Å². The summed E-state index contributed by atoms with van der Waals surface area (Å²) in [5, 5.41) is 3.43. The fourth-order valence-electron chi connectivity index (χ4n) is 2.14. The van der Waals surface area contributed by atoms with Gasteiger partial charge in [0.1, 0.15) is 12.4 Å². The molecule has 0 aliphatic carbocycles. The molecule has 0 amide bonds. The van der Waals surface area contributed by atoms with E-state index in [4.69, 9.17) is 4.74 Å². The SMILES string of the molecule is CCNC(C)CCc1ccc(OCc2ncccn2)cc1. The predicted octanol–water partition coefficient (Wildman–Crippen LogP) is 2.99. The second kappa shape index (κ2) is 8.37. The van der Waals surface area contributed by atoms with Crippen molar-refractivity contribution >= 4 is 0 Å². The maximum atomic E-state index is 5.67. The Morgan fingerprint density at radius 3 is 2.52 bits per heavy atom. The van der Waals surface area contributed by atoms with Gasteiger partial charge >= 0.3 is 0 Å². The summed E-state index contributed by atoms with van der Waals surface area (Å²) in [5.74, 6) is 1.55.